The Morgan fingerprint density at radius 1 is 1.35 bits per heavy atom. The average molecular weight is 274 g/mol. The molecule has 20 heavy (non-hydrogen) atoms. The maximum Gasteiger partial charge on any atom is 0.150 e. The van der Waals surface area contributed by atoms with Crippen LogP contribution in [0.1, 0.15) is 36.5 Å². The highest BCUT2D eigenvalue weighted by Gasteiger charge is 2.24. The van der Waals surface area contributed by atoms with E-state index < -0.39 is 0 Å². The van der Waals surface area contributed by atoms with Crippen LogP contribution >= 0.6 is 0 Å². The second-order valence-corrected chi connectivity index (χ2v) is 5.32. The SMILES string of the molecule is CCc1n[nH]c(CN2CC[C@H](c3ccc(F)cc3)C2)n1. The molecular weight excluding hydrogens is 255 g/mol. The Labute approximate surface area is 118 Å². The zero-order valence-electron chi connectivity index (χ0n) is 11.6. The van der Waals surface area contributed by atoms with Gasteiger partial charge in [-0.05, 0) is 36.6 Å². The molecule has 0 amide bonds. The molecule has 0 bridgehead atoms. The van der Waals surface area contributed by atoms with Crippen LogP contribution in [0.3, 0.4) is 0 Å². The van der Waals surface area contributed by atoms with E-state index in [1.165, 1.54) is 5.56 Å². The summed E-state index contributed by atoms with van der Waals surface area (Å²) in [5.41, 5.74) is 1.22. The van der Waals surface area contributed by atoms with Gasteiger partial charge in [0.05, 0.1) is 6.54 Å². The van der Waals surface area contributed by atoms with E-state index in [9.17, 15) is 4.39 Å². The van der Waals surface area contributed by atoms with Crippen molar-refractivity contribution in [3.05, 3.63) is 47.3 Å². The van der Waals surface area contributed by atoms with Gasteiger partial charge in [-0.3, -0.25) is 10.00 Å². The Morgan fingerprint density at radius 2 is 2.15 bits per heavy atom. The van der Waals surface area contributed by atoms with E-state index >= 15 is 0 Å². The lowest BCUT2D eigenvalue weighted by Gasteiger charge is -2.14. The molecular formula is C15H19FN4. The number of likely N-dealkylation sites (tertiary alicyclic amines) is 1. The van der Waals surface area contributed by atoms with Crippen LogP contribution < -0.4 is 0 Å². The number of hydrogen-bond acceptors (Lipinski definition) is 3. The van der Waals surface area contributed by atoms with Crippen LogP contribution in [0.25, 0.3) is 0 Å². The van der Waals surface area contributed by atoms with Crippen molar-refractivity contribution in [3.63, 3.8) is 0 Å². The van der Waals surface area contributed by atoms with E-state index in [0.717, 1.165) is 44.1 Å². The highest BCUT2D eigenvalue weighted by atomic mass is 19.1. The predicted molar refractivity (Wildman–Crippen MR) is 74.8 cm³/mol. The fourth-order valence-corrected chi connectivity index (χ4v) is 2.76. The third-order valence-corrected chi connectivity index (χ3v) is 3.88. The van der Waals surface area contributed by atoms with Crippen molar-refractivity contribution in [1.29, 1.82) is 0 Å². The molecule has 0 spiro atoms. The number of H-pyrrole nitrogens is 1. The first-order valence-electron chi connectivity index (χ1n) is 7.12. The van der Waals surface area contributed by atoms with Crippen molar-refractivity contribution in [3.8, 4) is 0 Å². The summed E-state index contributed by atoms with van der Waals surface area (Å²) < 4.78 is 12.9. The molecule has 1 N–H and O–H groups in total. The summed E-state index contributed by atoms with van der Waals surface area (Å²) >= 11 is 0. The molecule has 2 heterocycles. The van der Waals surface area contributed by atoms with E-state index in [4.69, 9.17) is 0 Å². The predicted octanol–water partition coefficient (Wildman–Crippen LogP) is 2.50. The Bertz CT molecular complexity index is 564. The molecule has 3 rings (SSSR count). The quantitative estimate of drug-likeness (QED) is 0.931. The monoisotopic (exact) mass is 274 g/mol. The Balaban J connectivity index is 1.60. The van der Waals surface area contributed by atoms with Crippen LogP contribution in [0.5, 0.6) is 0 Å². The lowest BCUT2D eigenvalue weighted by molar-refractivity contribution is 0.318. The largest absolute Gasteiger partial charge is 0.295 e. The van der Waals surface area contributed by atoms with E-state index in [1.54, 1.807) is 12.1 Å². The Hall–Kier alpha value is -1.75. The van der Waals surface area contributed by atoms with Gasteiger partial charge in [-0.1, -0.05) is 19.1 Å². The summed E-state index contributed by atoms with van der Waals surface area (Å²) in [7, 11) is 0. The van der Waals surface area contributed by atoms with Crippen molar-refractivity contribution in [2.24, 2.45) is 0 Å². The number of halogens is 1. The second-order valence-electron chi connectivity index (χ2n) is 5.32. The number of rotatable bonds is 4. The Morgan fingerprint density at radius 3 is 2.85 bits per heavy atom. The van der Waals surface area contributed by atoms with E-state index in [0.29, 0.717) is 5.92 Å². The van der Waals surface area contributed by atoms with Crippen LogP contribution in [0.4, 0.5) is 4.39 Å². The smallest absolute Gasteiger partial charge is 0.150 e. The molecule has 1 aliphatic heterocycles. The second kappa shape index (κ2) is 5.71. The first kappa shape index (κ1) is 13.2. The summed E-state index contributed by atoms with van der Waals surface area (Å²) in [5.74, 6) is 2.12. The minimum Gasteiger partial charge on any atom is -0.295 e. The van der Waals surface area contributed by atoms with Gasteiger partial charge >= 0.3 is 0 Å². The molecule has 0 saturated carbocycles. The molecule has 0 radical (unpaired) electrons. The lowest BCUT2D eigenvalue weighted by atomic mass is 9.99. The van der Waals surface area contributed by atoms with E-state index in [-0.39, 0.29) is 5.82 Å². The first-order chi connectivity index (χ1) is 9.74. The number of benzene rings is 1. The van der Waals surface area contributed by atoms with Gasteiger partial charge in [0.15, 0.2) is 0 Å². The number of aromatic amines is 1. The standard InChI is InChI=1S/C15H19FN4/c1-2-14-17-15(19-18-14)10-20-8-7-12(9-20)11-3-5-13(16)6-4-11/h3-6,12H,2,7-10H2,1H3,(H,17,18,19)/t12-/m0/s1. The average Bonchev–Trinajstić information content (AvgIpc) is 3.09. The van der Waals surface area contributed by atoms with Gasteiger partial charge < -0.3 is 0 Å². The third kappa shape index (κ3) is 2.88. The fraction of sp³-hybridized carbons (Fsp3) is 0.467. The molecule has 0 aliphatic carbocycles. The third-order valence-electron chi connectivity index (χ3n) is 3.88. The molecule has 1 atom stereocenters. The maximum absolute atomic E-state index is 12.9. The number of aryl methyl sites for hydroxylation is 1. The van der Waals surface area contributed by atoms with Gasteiger partial charge in [-0.15, -0.1) is 0 Å². The van der Waals surface area contributed by atoms with Gasteiger partial charge in [0.25, 0.3) is 0 Å². The molecule has 1 fully saturated rings. The molecule has 4 nitrogen and oxygen atoms in total. The summed E-state index contributed by atoms with van der Waals surface area (Å²) in [4.78, 5) is 6.81. The van der Waals surface area contributed by atoms with Crippen LogP contribution in [-0.4, -0.2) is 33.2 Å². The van der Waals surface area contributed by atoms with E-state index in [2.05, 4.69) is 20.1 Å². The summed E-state index contributed by atoms with van der Waals surface area (Å²) in [5, 5.41) is 7.15. The van der Waals surface area contributed by atoms with Crippen LogP contribution in [0.15, 0.2) is 24.3 Å². The van der Waals surface area contributed by atoms with Crippen molar-refractivity contribution >= 4 is 0 Å². The summed E-state index contributed by atoms with van der Waals surface area (Å²) in [6.45, 7) is 4.90. The van der Waals surface area contributed by atoms with Crippen molar-refractivity contribution in [2.75, 3.05) is 13.1 Å². The Kier molecular flexibility index (Phi) is 3.78. The van der Waals surface area contributed by atoms with Crippen LogP contribution in [0.2, 0.25) is 0 Å². The highest BCUT2D eigenvalue weighted by Crippen LogP contribution is 2.27. The van der Waals surface area contributed by atoms with Gasteiger partial charge in [0, 0.05) is 13.0 Å². The number of aromatic nitrogens is 3. The summed E-state index contributed by atoms with van der Waals surface area (Å²) in [6.07, 6.45) is 1.97. The molecule has 1 aromatic heterocycles. The van der Waals surface area contributed by atoms with Gasteiger partial charge in [0.1, 0.15) is 17.5 Å². The minimum absolute atomic E-state index is 0.169. The lowest BCUT2D eigenvalue weighted by Crippen LogP contribution is -2.20. The normalized spacial score (nSPS) is 19.6. The van der Waals surface area contributed by atoms with Crippen molar-refractivity contribution < 1.29 is 4.39 Å². The number of nitrogens with zero attached hydrogens (tertiary/aromatic N) is 3. The van der Waals surface area contributed by atoms with Gasteiger partial charge in [-0.25, -0.2) is 9.37 Å². The molecule has 2 aromatic rings. The van der Waals surface area contributed by atoms with Crippen molar-refractivity contribution in [1.82, 2.24) is 20.1 Å². The fourth-order valence-electron chi connectivity index (χ4n) is 2.76. The number of nitrogens with one attached hydrogen (secondary N) is 1. The molecule has 1 saturated heterocycles. The summed E-state index contributed by atoms with van der Waals surface area (Å²) in [6, 6.07) is 6.88. The number of hydrogen-bond donors (Lipinski definition) is 1. The zero-order valence-corrected chi connectivity index (χ0v) is 11.6. The topological polar surface area (TPSA) is 44.8 Å². The molecule has 5 heteroatoms. The van der Waals surface area contributed by atoms with E-state index in [1.807, 2.05) is 19.1 Å². The minimum atomic E-state index is -0.169. The van der Waals surface area contributed by atoms with Gasteiger partial charge in [-0.2, -0.15) is 5.10 Å². The molecule has 106 valence electrons. The van der Waals surface area contributed by atoms with Crippen molar-refractivity contribution in [2.45, 2.75) is 32.2 Å². The molecule has 0 unspecified atom stereocenters. The zero-order chi connectivity index (χ0) is 13.9. The molecule has 1 aliphatic rings. The van der Waals surface area contributed by atoms with Crippen LogP contribution in [0, 0.1) is 5.82 Å². The molecule has 1 aromatic carbocycles. The van der Waals surface area contributed by atoms with Gasteiger partial charge in [0.2, 0.25) is 0 Å². The maximum atomic E-state index is 12.9. The van der Waals surface area contributed by atoms with Crippen LogP contribution in [-0.2, 0) is 13.0 Å². The first-order valence-corrected chi connectivity index (χ1v) is 7.12. The highest BCUT2D eigenvalue weighted by molar-refractivity contribution is 5.22.